The second-order valence-electron chi connectivity index (χ2n) is 4.21. The van der Waals surface area contributed by atoms with E-state index in [2.05, 4.69) is 0 Å². The predicted octanol–water partition coefficient (Wildman–Crippen LogP) is 1.58. The zero-order valence-electron chi connectivity index (χ0n) is 12.1. The van der Waals surface area contributed by atoms with Crippen LogP contribution in [0.5, 0.6) is 11.5 Å². The molecule has 0 aliphatic carbocycles. The molecule has 0 atom stereocenters. The summed E-state index contributed by atoms with van der Waals surface area (Å²) in [6, 6.07) is 5.01. The number of benzene rings is 1. The number of ether oxygens (including phenoxy) is 4. The molecule has 0 fully saturated rings. The van der Waals surface area contributed by atoms with Gasteiger partial charge in [-0.15, -0.1) is 0 Å². The van der Waals surface area contributed by atoms with Gasteiger partial charge in [-0.1, -0.05) is 0 Å². The molecule has 0 aromatic heterocycles. The van der Waals surface area contributed by atoms with Gasteiger partial charge in [-0.3, -0.25) is 4.79 Å². The first-order valence-electron chi connectivity index (χ1n) is 6.42. The van der Waals surface area contributed by atoms with Crippen LogP contribution in [-0.2, 0) is 19.1 Å². The Kier molecular flexibility index (Phi) is 4.47. The number of Topliss-reactive ketones (excluding diaryl/α,β-unsaturated/α-hetero) is 1. The van der Waals surface area contributed by atoms with Crippen molar-refractivity contribution in [1.82, 2.24) is 0 Å². The molecule has 1 aliphatic heterocycles. The van der Waals surface area contributed by atoms with Crippen molar-refractivity contribution in [3.05, 3.63) is 29.3 Å². The third-order valence-electron chi connectivity index (χ3n) is 2.98. The van der Waals surface area contributed by atoms with E-state index >= 15 is 0 Å². The maximum Gasteiger partial charge on any atom is 0.345 e. The molecule has 0 amide bonds. The minimum absolute atomic E-state index is 0.0657. The topological polar surface area (TPSA) is 71.1 Å². The molecule has 0 spiro atoms. The first kappa shape index (κ1) is 14.9. The van der Waals surface area contributed by atoms with Gasteiger partial charge in [-0.25, -0.2) is 4.79 Å². The van der Waals surface area contributed by atoms with Gasteiger partial charge in [-0.2, -0.15) is 0 Å². The van der Waals surface area contributed by atoms with Crippen LogP contribution in [0.4, 0.5) is 0 Å². The highest BCUT2D eigenvalue weighted by atomic mass is 16.5. The fourth-order valence-corrected chi connectivity index (χ4v) is 2.02. The molecule has 0 N–H and O–H groups in total. The van der Waals surface area contributed by atoms with Crippen molar-refractivity contribution in [2.24, 2.45) is 0 Å². The van der Waals surface area contributed by atoms with Crippen LogP contribution in [0.3, 0.4) is 0 Å². The van der Waals surface area contributed by atoms with Gasteiger partial charge in [0, 0.05) is 5.56 Å². The van der Waals surface area contributed by atoms with E-state index in [0.29, 0.717) is 17.1 Å². The summed E-state index contributed by atoms with van der Waals surface area (Å²) in [5.74, 6) is 0.167. The van der Waals surface area contributed by atoms with E-state index in [1.807, 2.05) is 0 Å². The summed E-state index contributed by atoms with van der Waals surface area (Å²) in [5.41, 5.74) is 0.491. The van der Waals surface area contributed by atoms with Crippen LogP contribution in [0.25, 0.3) is 5.76 Å². The van der Waals surface area contributed by atoms with Gasteiger partial charge in [0.2, 0.25) is 5.78 Å². The molecule has 0 unspecified atom stereocenters. The molecule has 0 radical (unpaired) electrons. The highest BCUT2D eigenvalue weighted by Gasteiger charge is 2.33. The predicted molar refractivity (Wildman–Crippen MR) is 74.1 cm³/mol. The van der Waals surface area contributed by atoms with Gasteiger partial charge in [-0.05, 0) is 25.1 Å². The summed E-state index contributed by atoms with van der Waals surface area (Å²) >= 11 is 0. The second kappa shape index (κ2) is 6.30. The molecule has 0 saturated carbocycles. The standard InChI is InChI=1S/C15H16O6/c1-4-20-15(17)13-10(16)8-21-14(13)9-5-6-11(18-2)12(7-9)19-3/h5-7H,4,8H2,1-3H3. The number of ketones is 1. The number of carbonyl (C=O) groups excluding carboxylic acids is 2. The van der Waals surface area contributed by atoms with Crippen LogP contribution in [0.2, 0.25) is 0 Å². The highest BCUT2D eigenvalue weighted by Crippen LogP contribution is 2.34. The number of rotatable bonds is 5. The smallest absolute Gasteiger partial charge is 0.345 e. The number of hydrogen-bond donors (Lipinski definition) is 0. The number of hydrogen-bond acceptors (Lipinski definition) is 6. The molecule has 6 heteroatoms. The Morgan fingerprint density at radius 2 is 1.95 bits per heavy atom. The lowest BCUT2D eigenvalue weighted by molar-refractivity contribution is -0.139. The molecule has 1 aliphatic rings. The summed E-state index contributed by atoms with van der Waals surface area (Å²) in [6.07, 6.45) is 0. The van der Waals surface area contributed by atoms with Crippen molar-refractivity contribution in [2.45, 2.75) is 6.92 Å². The maximum absolute atomic E-state index is 11.9. The van der Waals surface area contributed by atoms with Gasteiger partial charge in [0.05, 0.1) is 20.8 Å². The first-order valence-corrected chi connectivity index (χ1v) is 6.42. The monoisotopic (exact) mass is 292 g/mol. The van der Waals surface area contributed by atoms with Crippen LogP contribution in [0, 0.1) is 0 Å². The highest BCUT2D eigenvalue weighted by molar-refractivity contribution is 6.24. The molecule has 6 nitrogen and oxygen atoms in total. The lowest BCUT2D eigenvalue weighted by Crippen LogP contribution is -2.14. The largest absolute Gasteiger partial charge is 0.493 e. The van der Waals surface area contributed by atoms with Gasteiger partial charge in [0.25, 0.3) is 0 Å². The van der Waals surface area contributed by atoms with Crippen LogP contribution >= 0.6 is 0 Å². The minimum Gasteiger partial charge on any atom is -0.493 e. The van der Waals surface area contributed by atoms with E-state index < -0.39 is 11.8 Å². The van der Waals surface area contributed by atoms with Crippen LogP contribution in [0.1, 0.15) is 12.5 Å². The molecule has 1 heterocycles. The Balaban J connectivity index is 2.47. The molecule has 1 aromatic rings. The molecule has 21 heavy (non-hydrogen) atoms. The molecular weight excluding hydrogens is 276 g/mol. The summed E-state index contributed by atoms with van der Waals surface area (Å²) in [7, 11) is 3.03. The third-order valence-corrected chi connectivity index (χ3v) is 2.98. The summed E-state index contributed by atoms with van der Waals surface area (Å²) < 4.78 is 20.6. The van der Waals surface area contributed by atoms with Crippen molar-refractivity contribution < 1.29 is 28.5 Å². The fourth-order valence-electron chi connectivity index (χ4n) is 2.02. The van der Waals surface area contributed by atoms with E-state index in [1.54, 1.807) is 25.1 Å². The van der Waals surface area contributed by atoms with Crippen molar-refractivity contribution in [2.75, 3.05) is 27.4 Å². The SMILES string of the molecule is CCOC(=O)C1=C(c2ccc(OC)c(OC)c2)OCC1=O. The van der Waals surface area contributed by atoms with Crippen LogP contribution < -0.4 is 9.47 Å². The number of carbonyl (C=O) groups is 2. The van der Waals surface area contributed by atoms with Crippen molar-refractivity contribution in [3.8, 4) is 11.5 Å². The lowest BCUT2D eigenvalue weighted by atomic mass is 10.1. The number of methoxy groups -OCH3 is 2. The summed E-state index contributed by atoms with van der Waals surface area (Å²) in [5, 5.41) is 0. The first-order chi connectivity index (χ1) is 10.1. The van der Waals surface area contributed by atoms with Gasteiger partial charge in [0.1, 0.15) is 11.3 Å². The quantitative estimate of drug-likeness (QED) is 0.606. The molecule has 1 aromatic carbocycles. The summed E-state index contributed by atoms with van der Waals surface area (Å²) in [4.78, 5) is 23.7. The Morgan fingerprint density at radius 1 is 1.24 bits per heavy atom. The van der Waals surface area contributed by atoms with Crippen molar-refractivity contribution >= 4 is 17.5 Å². The van der Waals surface area contributed by atoms with Crippen molar-refractivity contribution in [1.29, 1.82) is 0 Å². The van der Waals surface area contributed by atoms with Crippen LogP contribution in [-0.4, -0.2) is 39.2 Å². The molecular formula is C15H16O6. The average Bonchev–Trinajstić information content (AvgIpc) is 2.88. The van der Waals surface area contributed by atoms with Gasteiger partial charge >= 0.3 is 5.97 Å². The van der Waals surface area contributed by atoms with Crippen molar-refractivity contribution in [3.63, 3.8) is 0 Å². The van der Waals surface area contributed by atoms with E-state index in [-0.39, 0.29) is 24.5 Å². The lowest BCUT2D eigenvalue weighted by Gasteiger charge is -2.10. The molecule has 0 saturated heterocycles. The molecule has 2 rings (SSSR count). The van der Waals surface area contributed by atoms with Gasteiger partial charge in [0.15, 0.2) is 18.1 Å². The Labute approximate surface area is 122 Å². The van der Waals surface area contributed by atoms with E-state index in [4.69, 9.17) is 18.9 Å². The number of esters is 1. The fraction of sp³-hybridized carbons (Fsp3) is 0.333. The Bertz CT molecular complexity index is 602. The molecule has 0 bridgehead atoms. The van der Waals surface area contributed by atoms with E-state index in [1.165, 1.54) is 14.2 Å². The average molecular weight is 292 g/mol. The minimum atomic E-state index is -0.676. The zero-order chi connectivity index (χ0) is 15.4. The maximum atomic E-state index is 11.9. The van der Waals surface area contributed by atoms with Crippen LogP contribution in [0.15, 0.2) is 23.8 Å². The second-order valence-corrected chi connectivity index (χ2v) is 4.21. The zero-order valence-corrected chi connectivity index (χ0v) is 12.1. The Morgan fingerprint density at radius 3 is 2.57 bits per heavy atom. The van der Waals surface area contributed by atoms with E-state index in [0.717, 1.165) is 0 Å². The third kappa shape index (κ3) is 2.84. The van der Waals surface area contributed by atoms with E-state index in [9.17, 15) is 9.59 Å². The normalized spacial score (nSPS) is 14.0. The Hall–Kier alpha value is -2.50. The van der Waals surface area contributed by atoms with Gasteiger partial charge < -0.3 is 18.9 Å². The molecule has 112 valence electrons. The summed E-state index contributed by atoms with van der Waals surface area (Å²) in [6.45, 7) is 1.70.